The lowest BCUT2D eigenvalue weighted by Crippen LogP contribution is -2.34. The van der Waals surface area contributed by atoms with Crippen LogP contribution in [0.2, 0.25) is 0 Å². The molecular weight excluding hydrogens is 180 g/mol. The fourth-order valence-electron chi connectivity index (χ4n) is 2.98. The Hall–Kier alpha value is -0.860. The number of rotatable bonds is 1. The van der Waals surface area contributed by atoms with Crippen LogP contribution in [0.4, 0.5) is 0 Å². The first-order valence-corrected chi connectivity index (χ1v) is 5.28. The van der Waals surface area contributed by atoms with Crippen LogP contribution < -0.4 is 0 Å². The molecule has 0 amide bonds. The van der Waals surface area contributed by atoms with Crippen molar-refractivity contribution in [3.63, 3.8) is 0 Å². The Morgan fingerprint density at radius 1 is 1.21 bits per heavy atom. The minimum Gasteiger partial charge on any atom is -0.469 e. The third-order valence-corrected chi connectivity index (χ3v) is 3.47. The van der Waals surface area contributed by atoms with Gasteiger partial charge in [0.1, 0.15) is 5.78 Å². The van der Waals surface area contributed by atoms with Gasteiger partial charge in [-0.15, -0.1) is 0 Å². The van der Waals surface area contributed by atoms with Gasteiger partial charge in [0.25, 0.3) is 0 Å². The minimum absolute atomic E-state index is 0.0526. The number of Topliss-reactive ketones (excluding diaryl/α,β-unsaturated/α-hetero) is 1. The molecule has 1 unspecified atom stereocenters. The van der Waals surface area contributed by atoms with E-state index < -0.39 is 0 Å². The largest absolute Gasteiger partial charge is 0.469 e. The molecule has 3 nitrogen and oxygen atoms in total. The van der Waals surface area contributed by atoms with Gasteiger partial charge in [-0.1, -0.05) is 0 Å². The number of hydrogen-bond donors (Lipinski definition) is 0. The standard InChI is InChI=1S/C11H16O3/c1-14-11(13)9-3-7-2-8(4-9)6-10(12)5-7/h7-9H,2-6H2,1H3/t7-,8?,9-/m0/s1. The minimum atomic E-state index is -0.0888. The summed E-state index contributed by atoms with van der Waals surface area (Å²) >= 11 is 0. The second-order valence-electron chi connectivity index (χ2n) is 4.61. The summed E-state index contributed by atoms with van der Waals surface area (Å²) < 4.78 is 4.76. The molecule has 3 heteroatoms. The average molecular weight is 196 g/mol. The van der Waals surface area contributed by atoms with Gasteiger partial charge in [-0.2, -0.15) is 0 Å². The van der Waals surface area contributed by atoms with Crippen LogP contribution >= 0.6 is 0 Å². The predicted octanol–water partition coefficient (Wildman–Crippen LogP) is 1.55. The topological polar surface area (TPSA) is 43.4 Å². The van der Waals surface area contributed by atoms with E-state index in [1.165, 1.54) is 7.11 Å². The van der Waals surface area contributed by atoms with Crippen LogP contribution in [0, 0.1) is 17.8 Å². The van der Waals surface area contributed by atoms with Gasteiger partial charge in [0.2, 0.25) is 0 Å². The van der Waals surface area contributed by atoms with E-state index in [-0.39, 0.29) is 11.9 Å². The Bertz CT molecular complexity index is 243. The van der Waals surface area contributed by atoms with E-state index in [0.717, 1.165) is 19.3 Å². The molecule has 2 rings (SSSR count). The molecular formula is C11H16O3. The van der Waals surface area contributed by atoms with Gasteiger partial charge in [-0.05, 0) is 31.1 Å². The summed E-state index contributed by atoms with van der Waals surface area (Å²) in [5.41, 5.74) is 0. The highest BCUT2D eigenvalue weighted by molar-refractivity contribution is 5.80. The lowest BCUT2D eigenvalue weighted by atomic mass is 9.68. The molecule has 78 valence electrons. The molecule has 0 aromatic rings. The number of fused-ring (bicyclic) bond motifs is 2. The van der Waals surface area contributed by atoms with Crippen molar-refractivity contribution in [3.05, 3.63) is 0 Å². The molecule has 2 aliphatic rings. The highest BCUT2D eigenvalue weighted by Gasteiger charge is 2.38. The predicted molar refractivity (Wildman–Crippen MR) is 50.6 cm³/mol. The van der Waals surface area contributed by atoms with E-state index in [1.54, 1.807) is 0 Å². The molecule has 14 heavy (non-hydrogen) atoms. The summed E-state index contributed by atoms with van der Waals surface area (Å²) in [6.07, 6.45) is 4.22. The van der Waals surface area contributed by atoms with Gasteiger partial charge in [0.05, 0.1) is 13.0 Å². The van der Waals surface area contributed by atoms with Crippen molar-refractivity contribution in [1.29, 1.82) is 0 Å². The fourth-order valence-corrected chi connectivity index (χ4v) is 2.98. The van der Waals surface area contributed by atoms with Gasteiger partial charge in [-0.3, -0.25) is 9.59 Å². The smallest absolute Gasteiger partial charge is 0.308 e. The van der Waals surface area contributed by atoms with Crippen molar-refractivity contribution >= 4 is 11.8 Å². The van der Waals surface area contributed by atoms with E-state index in [1.807, 2.05) is 0 Å². The van der Waals surface area contributed by atoms with Crippen molar-refractivity contribution in [2.75, 3.05) is 7.11 Å². The highest BCUT2D eigenvalue weighted by atomic mass is 16.5. The fraction of sp³-hybridized carbons (Fsp3) is 0.818. The maximum absolute atomic E-state index is 11.4. The number of methoxy groups -OCH3 is 1. The Morgan fingerprint density at radius 2 is 1.79 bits per heavy atom. The van der Waals surface area contributed by atoms with Crippen molar-refractivity contribution in [2.45, 2.75) is 32.1 Å². The maximum Gasteiger partial charge on any atom is 0.308 e. The van der Waals surface area contributed by atoms with Crippen molar-refractivity contribution in [1.82, 2.24) is 0 Å². The van der Waals surface area contributed by atoms with Crippen LogP contribution in [0.3, 0.4) is 0 Å². The SMILES string of the molecule is COC(=O)[C@@H]1CC2CC(=O)C[C@@H](C2)C1. The molecule has 2 saturated carbocycles. The first-order valence-electron chi connectivity index (χ1n) is 5.28. The maximum atomic E-state index is 11.4. The highest BCUT2D eigenvalue weighted by Crippen LogP contribution is 2.41. The average Bonchev–Trinajstić information content (AvgIpc) is 2.14. The van der Waals surface area contributed by atoms with E-state index in [9.17, 15) is 9.59 Å². The summed E-state index contributed by atoms with van der Waals surface area (Å²) in [4.78, 5) is 22.7. The van der Waals surface area contributed by atoms with Crippen molar-refractivity contribution in [3.8, 4) is 0 Å². The quantitative estimate of drug-likeness (QED) is 0.598. The third kappa shape index (κ3) is 1.81. The molecule has 0 spiro atoms. The van der Waals surface area contributed by atoms with Gasteiger partial charge in [-0.25, -0.2) is 0 Å². The second-order valence-corrected chi connectivity index (χ2v) is 4.61. The zero-order valence-electron chi connectivity index (χ0n) is 8.49. The van der Waals surface area contributed by atoms with Crippen LogP contribution in [0.1, 0.15) is 32.1 Å². The number of esters is 1. The number of hydrogen-bond acceptors (Lipinski definition) is 3. The van der Waals surface area contributed by atoms with E-state index in [2.05, 4.69) is 0 Å². The van der Waals surface area contributed by atoms with Crippen LogP contribution in [-0.4, -0.2) is 18.9 Å². The summed E-state index contributed by atoms with van der Waals surface area (Å²) in [5.74, 6) is 1.23. The molecule has 0 aromatic heterocycles. The van der Waals surface area contributed by atoms with Crippen LogP contribution in [0.5, 0.6) is 0 Å². The second kappa shape index (κ2) is 3.71. The number of carbonyl (C=O) groups is 2. The number of ketones is 1. The first kappa shape index (κ1) is 9.69. The third-order valence-electron chi connectivity index (χ3n) is 3.47. The lowest BCUT2D eigenvalue weighted by molar-refractivity contribution is -0.149. The molecule has 2 bridgehead atoms. The summed E-state index contributed by atoms with van der Waals surface area (Å²) in [6, 6.07) is 0. The molecule has 2 fully saturated rings. The summed E-state index contributed by atoms with van der Waals surface area (Å²) in [5, 5.41) is 0. The van der Waals surface area contributed by atoms with Gasteiger partial charge in [0, 0.05) is 12.8 Å². The van der Waals surface area contributed by atoms with Gasteiger partial charge >= 0.3 is 5.97 Å². The number of carbonyl (C=O) groups excluding carboxylic acids is 2. The molecule has 0 heterocycles. The van der Waals surface area contributed by atoms with Crippen LogP contribution in [0.15, 0.2) is 0 Å². The summed E-state index contributed by atoms with van der Waals surface area (Å²) in [7, 11) is 1.44. The van der Waals surface area contributed by atoms with Crippen LogP contribution in [-0.2, 0) is 14.3 Å². The monoisotopic (exact) mass is 196 g/mol. The van der Waals surface area contributed by atoms with E-state index in [0.29, 0.717) is 30.5 Å². The summed E-state index contributed by atoms with van der Waals surface area (Å²) in [6.45, 7) is 0. The molecule has 0 radical (unpaired) electrons. The lowest BCUT2D eigenvalue weighted by Gasteiger charge is -2.36. The zero-order valence-corrected chi connectivity index (χ0v) is 8.49. The van der Waals surface area contributed by atoms with Gasteiger partial charge in [0.15, 0.2) is 0 Å². The first-order chi connectivity index (χ1) is 6.69. The normalized spacial score (nSPS) is 36.6. The molecule has 0 saturated heterocycles. The molecule has 0 aliphatic heterocycles. The van der Waals surface area contributed by atoms with Crippen molar-refractivity contribution < 1.29 is 14.3 Å². The molecule has 0 N–H and O–H groups in total. The van der Waals surface area contributed by atoms with Crippen LogP contribution in [0.25, 0.3) is 0 Å². The number of ether oxygens (including phenoxy) is 1. The zero-order chi connectivity index (χ0) is 10.1. The molecule has 0 aromatic carbocycles. The molecule has 3 atom stereocenters. The van der Waals surface area contributed by atoms with Crippen molar-refractivity contribution in [2.24, 2.45) is 17.8 Å². The molecule has 2 aliphatic carbocycles. The Morgan fingerprint density at radius 3 is 2.29 bits per heavy atom. The van der Waals surface area contributed by atoms with Gasteiger partial charge < -0.3 is 4.74 Å². The Balaban J connectivity index is 2.01. The van der Waals surface area contributed by atoms with E-state index >= 15 is 0 Å². The van der Waals surface area contributed by atoms with E-state index in [4.69, 9.17) is 4.74 Å². The Labute approximate surface area is 83.8 Å². The Kier molecular flexibility index (Phi) is 2.57.